The molecule has 1 atom stereocenters. The van der Waals surface area contributed by atoms with Gasteiger partial charge in [-0.25, -0.2) is 9.78 Å². The summed E-state index contributed by atoms with van der Waals surface area (Å²) in [5, 5.41) is 2.86. The standard InChI is InChI=1S/C21H25N3O3/c1-3-18-6-4-5-13-24(18)19-14-16(11-12-22-19)20(25)23-17-9-7-15(8-10-17)21(26)27-2/h7-12,14,18H,3-6,13H2,1-2H3,(H,23,25). The van der Waals surface area contributed by atoms with Crippen LogP contribution in [-0.2, 0) is 4.74 Å². The van der Waals surface area contributed by atoms with Crippen LogP contribution in [0.3, 0.4) is 0 Å². The highest BCUT2D eigenvalue weighted by Gasteiger charge is 2.22. The van der Waals surface area contributed by atoms with Crippen LogP contribution >= 0.6 is 0 Å². The first-order valence-corrected chi connectivity index (χ1v) is 9.34. The molecule has 27 heavy (non-hydrogen) atoms. The molecule has 6 heteroatoms. The number of aromatic nitrogens is 1. The molecule has 2 heterocycles. The Morgan fingerprint density at radius 1 is 1.19 bits per heavy atom. The minimum atomic E-state index is -0.404. The van der Waals surface area contributed by atoms with Crippen molar-refractivity contribution in [2.24, 2.45) is 0 Å². The molecule has 1 N–H and O–H groups in total. The zero-order chi connectivity index (χ0) is 19.2. The lowest BCUT2D eigenvalue weighted by molar-refractivity contribution is 0.0600. The first-order valence-electron chi connectivity index (χ1n) is 9.34. The molecular formula is C21H25N3O3. The van der Waals surface area contributed by atoms with Gasteiger partial charge in [0.05, 0.1) is 12.7 Å². The summed E-state index contributed by atoms with van der Waals surface area (Å²) in [6.07, 6.45) is 6.33. The van der Waals surface area contributed by atoms with Crippen molar-refractivity contribution in [2.45, 2.75) is 38.6 Å². The molecule has 6 nitrogen and oxygen atoms in total. The van der Waals surface area contributed by atoms with E-state index in [0.717, 1.165) is 25.2 Å². The second kappa shape index (κ2) is 8.66. The van der Waals surface area contributed by atoms with Gasteiger partial charge in [0.2, 0.25) is 0 Å². The Kier molecular flexibility index (Phi) is 6.06. The maximum Gasteiger partial charge on any atom is 0.337 e. The molecule has 1 amide bonds. The summed E-state index contributed by atoms with van der Waals surface area (Å²) >= 11 is 0. The fourth-order valence-corrected chi connectivity index (χ4v) is 3.45. The van der Waals surface area contributed by atoms with E-state index in [0.29, 0.717) is 22.9 Å². The van der Waals surface area contributed by atoms with Crippen molar-refractivity contribution in [2.75, 3.05) is 23.9 Å². The van der Waals surface area contributed by atoms with Crippen molar-refractivity contribution >= 4 is 23.4 Å². The summed E-state index contributed by atoms with van der Waals surface area (Å²) in [7, 11) is 1.34. The van der Waals surface area contributed by atoms with Crippen LogP contribution < -0.4 is 10.2 Å². The number of hydrogen-bond donors (Lipinski definition) is 1. The number of benzene rings is 1. The summed E-state index contributed by atoms with van der Waals surface area (Å²) in [6, 6.07) is 10.7. The molecule has 1 aliphatic heterocycles. The van der Waals surface area contributed by atoms with E-state index >= 15 is 0 Å². The molecule has 1 saturated heterocycles. The molecular weight excluding hydrogens is 342 g/mol. The van der Waals surface area contributed by atoms with Gasteiger partial charge in [-0.15, -0.1) is 0 Å². The third-order valence-electron chi connectivity index (χ3n) is 4.96. The summed E-state index contributed by atoms with van der Waals surface area (Å²) in [5.74, 6) is 0.253. The third-order valence-corrected chi connectivity index (χ3v) is 4.96. The molecule has 0 aliphatic carbocycles. The Morgan fingerprint density at radius 2 is 1.96 bits per heavy atom. The second-order valence-corrected chi connectivity index (χ2v) is 6.68. The van der Waals surface area contributed by atoms with Gasteiger partial charge in [-0.3, -0.25) is 4.79 Å². The van der Waals surface area contributed by atoms with Gasteiger partial charge in [0.1, 0.15) is 5.82 Å². The molecule has 3 rings (SSSR count). The smallest absolute Gasteiger partial charge is 0.337 e. The number of ether oxygens (including phenoxy) is 1. The Balaban J connectivity index is 1.72. The zero-order valence-corrected chi connectivity index (χ0v) is 15.8. The molecule has 1 aliphatic rings. The minimum absolute atomic E-state index is 0.200. The number of pyridine rings is 1. The summed E-state index contributed by atoms with van der Waals surface area (Å²) < 4.78 is 4.68. The van der Waals surface area contributed by atoms with E-state index in [1.54, 1.807) is 36.5 Å². The number of carbonyl (C=O) groups is 2. The topological polar surface area (TPSA) is 71.5 Å². The van der Waals surface area contributed by atoms with Crippen molar-refractivity contribution < 1.29 is 14.3 Å². The van der Waals surface area contributed by atoms with Crippen molar-refractivity contribution in [3.8, 4) is 0 Å². The van der Waals surface area contributed by atoms with Crippen LogP contribution in [0.2, 0.25) is 0 Å². The number of carbonyl (C=O) groups excluding carboxylic acids is 2. The molecule has 0 bridgehead atoms. The van der Waals surface area contributed by atoms with E-state index < -0.39 is 5.97 Å². The average Bonchev–Trinajstić information content (AvgIpc) is 2.73. The Morgan fingerprint density at radius 3 is 2.67 bits per heavy atom. The van der Waals surface area contributed by atoms with E-state index in [1.165, 1.54) is 20.0 Å². The van der Waals surface area contributed by atoms with Crippen molar-refractivity contribution in [3.63, 3.8) is 0 Å². The molecule has 1 aromatic heterocycles. The Labute approximate surface area is 159 Å². The molecule has 1 unspecified atom stereocenters. The minimum Gasteiger partial charge on any atom is -0.465 e. The highest BCUT2D eigenvalue weighted by atomic mass is 16.5. The zero-order valence-electron chi connectivity index (χ0n) is 15.8. The molecule has 0 spiro atoms. The second-order valence-electron chi connectivity index (χ2n) is 6.68. The van der Waals surface area contributed by atoms with Gasteiger partial charge in [0, 0.05) is 30.0 Å². The largest absolute Gasteiger partial charge is 0.465 e. The van der Waals surface area contributed by atoms with Gasteiger partial charge in [0.25, 0.3) is 5.91 Å². The van der Waals surface area contributed by atoms with Crippen molar-refractivity contribution in [1.82, 2.24) is 4.98 Å². The number of amides is 1. The molecule has 1 fully saturated rings. The molecule has 2 aromatic rings. The van der Waals surface area contributed by atoms with Crippen LogP contribution in [0.25, 0.3) is 0 Å². The number of piperidine rings is 1. The average molecular weight is 367 g/mol. The van der Waals surface area contributed by atoms with E-state index in [4.69, 9.17) is 0 Å². The number of esters is 1. The summed E-state index contributed by atoms with van der Waals surface area (Å²) in [5.41, 5.74) is 1.63. The number of rotatable bonds is 5. The summed E-state index contributed by atoms with van der Waals surface area (Å²) in [6.45, 7) is 3.17. The van der Waals surface area contributed by atoms with Crippen LogP contribution in [0.5, 0.6) is 0 Å². The van der Waals surface area contributed by atoms with Crippen molar-refractivity contribution in [3.05, 3.63) is 53.7 Å². The van der Waals surface area contributed by atoms with Crippen LogP contribution in [-0.4, -0.2) is 36.6 Å². The highest BCUT2D eigenvalue weighted by Crippen LogP contribution is 2.25. The van der Waals surface area contributed by atoms with Crippen molar-refractivity contribution in [1.29, 1.82) is 0 Å². The first-order chi connectivity index (χ1) is 13.1. The highest BCUT2D eigenvalue weighted by molar-refractivity contribution is 6.04. The number of methoxy groups -OCH3 is 1. The van der Waals surface area contributed by atoms with Gasteiger partial charge < -0.3 is 15.0 Å². The van der Waals surface area contributed by atoms with Crippen LogP contribution in [0, 0.1) is 0 Å². The van der Waals surface area contributed by atoms with Gasteiger partial charge >= 0.3 is 5.97 Å². The normalized spacial score (nSPS) is 16.7. The quantitative estimate of drug-likeness (QED) is 0.812. The van der Waals surface area contributed by atoms with Gasteiger partial charge in [-0.05, 0) is 62.1 Å². The maximum absolute atomic E-state index is 12.6. The number of hydrogen-bond acceptors (Lipinski definition) is 5. The molecule has 0 radical (unpaired) electrons. The van der Waals surface area contributed by atoms with E-state index in [9.17, 15) is 9.59 Å². The van der Waals surface area contributed by atoms with Gasteiger partial charge in [-0.1, -0.05) is 6.92 Å². The Bertz CT molecular complexity index is 805. The van der Waals surface area contributed by atoms with E-state index in [2.05, 4.69) is 26.9 Å². The maximum atomic E-state index is 12.6. The summed E-state index contributed by atoms with van der Waals surface area (Å²) in [4.78, 5) is 30.9. The SMILES string of the molecule is CCC1CCCCN1c1cc(C(=O)Nc2ccc(C(=O)OC)cc2)ccn1. The molecule has 1 aromatic carbocycles. The lowest BCUT2D eigenvalue weighted by Crippen LogP contribution is -2.39. The predicted molar refractivity (Wildman–Crippen MR) is 105 cm³/mol. The lowest BCUT2D eigenvalue weighted by Gasteiger charge is -2.36. The fraction of sp³-hybridized carbons (Fsp3) is 0.381. The van der Waals surface area contributed by atoms with Crippen LogP contribution in [0.1, 0.15) is 53.3 Å². The lowest BCUT2D eigenvalue weighted by atomic mass is 10.00. The fourth-order valence-electron chi connectivity index (χ4n) is 3.45. The van der Waals surface area contributed by atoms with Gasteiger partial charge in [-0.2, -0.15) is 0 Å². The van der Waals surface area contributed by atoms with Crippen LogP contribution in [0.15, 0.2) is 42.6 Å². The number of nitrogens with zero attached hydrogens (tertiary/aromatic N) is 2. The first kappa shape index (κ1) is 18.9. The predicted octanol–water partition coefficient (Wildman–Crippen LogP) is 3.89. The third kappa shape index (κ3) is 4.45. The number of nitrogens with one attached hydrogen (secondary N) is 1. The van der Waals surface area contributed by atoms with E-state index in [-0.39, 0.29) is 5.91 Å². The van der Waals surface area contributed by atoms with E-state index in [1.807, 2.05) is 6.07 Å². The monoisotopic (exact) mass is 367 g/mol. The van der Waals surface area contributed by atoms with Gasteiger partial charge in [0.15, 0.2) is 0 Å². The Hall–Kier alpha value is -2.89. The van der Waals surface area contributed by atoms with Crippen LogP contribution in [0.4, 0.5) is 11.5 Å². The molecule has 0 saturated carbocycles. The number of anilines is 2. The molecule has 142 valence electrons.